The first-order chi connectivity index (χ1) is 17.9. The number of fused-ring (bicyclic) bond motifs is 1. The molecule has 7 amide bonds. The van der Waals surface area contributed by atoms with Crippen LogP contribution in [0.1, 0.15) is 31.7 Å². The van der Waals surface area contributed by atoms with Gasteiger partial charge >= 0.3 is 47.4 Å². The molecule has 3 N–H and O–H groups in total. The zero-order valence-corrected chi connectivity index (χ0v) is 25.2. The Hall–Kier alpha value is -2.66. The van der Waals surface area contributed by atoms with E-state index in [1.807, 2.05) is 0 Å². The number of carbonyl (C=O) groups is 7. The Morgan fingerprint density at radius 3 is 2.46 bits per heavy atom. The van der Waals surface area contributed by atoms with Crippen molar-refractivity contribution in [2.45, 2.75) is 48.6 Å². The van der Waals surface area contributed by atoms with Crippen LogP contribution in [0.4, 0.5) is 4.79 Å². The van der Waals surface area contributed by atoms with Crippen LogP contribution in [-0.2, 0) is 28.8 Å². The van der Waals surface area contributed by atoms with E-state index < -0.39 is 63.5 Å². The quantitative estimate of drug-likeness (QED) is 0.115. The summed E-state index contributed by atoms with van der Waals surface area (Å²) in [5, 5.41) is 20.6. The van der Waals surface area contributed by atoms with Crippen LogP contribution in [0, 0.1) is 0 Å². The molecular formula is C22H25N6NaO8S2. The van der Waals surface area contributed by atoms with E-state index in [-0.39, 0.29) is 42.6 Å². The number of likely N-dealkylation sites (N-methyl/N-ethyl adjacent to an activating group) is 1. The Labute approximate surface area is 253 Å². The van der Waals surface area contributed by atoms with Crippen LogP contribution in [0.25, 0.3) is 0 Å². The Bertz CT molecular complexity index is 1210. The van der Waals surface area contributed by atoms with Gasteiger partial charge in [0.2, 0.25) is 12.3 Å². The molecule has 0 saturated carbocycles. The number of thioether (sulfide) groups is 1. The van der Waals surface area contributed by atoms with Crippen LogP contribution in [-0.4, -0.2) is 98.2 Å². The van der Waals surface area contributed by atoms with Gasteiger partial charge in [-0.05, 0) is 32.2 Å². The van der Waals surface area contributed by atoms with E-state index in [4.69, 9.17) is 0 Å². The van der Waals surface area contributed by atoms with E-state index >= 15 is 0 Å². The van der Waals surface area contributed by atoms with Crippen molar-refractivity contribution in [3.63, 3.8) is 0 Å². The van der Waals surface area contributed by atoms with Crippen molar-refractivity contribution in [2.24, 2.45) is 0 Å². The summed E-state index contributed by atoms with van der Waals surface area (Å²) in [6, 6.07) is -0.322. The second-order valence-corrected chi connectivity index (χ2v) is 11.9. The minimum atomic E-state index is -2.32. The molecule has 4 atom stereocenters. The molecule has 3 aliphatic rings. The number of rotatable bonds is 8. The van der Waals surface area contributed by atoms with Crippen LogP contribution in [0.15, 0.2) is 17.5 Å². The van der Waals surface area contributed by atoms with Crippen molar-refractivity contribution >= 4 is 65.1 Å². The molecule has 0 spiro atoms. The van der Waals surface area contributed by atoms with Gasteiger partial charge in [0.25, 0.3) is 5.91 Å². The number of hydrogen-bond donors (Lipinski definition) is 3. The summed E-state index contributed by atoms with van der Waals surface area (Å²) in [5.74, 6) is -5.36. The van der Waals surface area contributed by atoms with E-state index in [0.29, 0.717) is 22.7 Å². The molecule has 0 aliphatic carbocycles. The van der Waals surface area contributed by atoms with Gasteiger partial charge < -0.3 is 30.8 Å². The van der Waals surface area contributed by atoms with Crippen LogP contribution < -0.4 is 50.6 Å². The van der Waals surface area contributed by atoms with E-state index in [2.05, 4.69) is 16.0 Å². The minimum Gasteiger partial charge on any atom is -0.545 e. The summed E-state index contributed by atoms with van der Waals surface area (Å²) in [4.78, 5) is 91.0. The fourth-order valence-corrected chi connectivity index (χ4v) is 7.27. The zero-order valence-electron chi connectivity index (χ0n) is 21.6. The molecule has 4 heterocycles. The average molecular weight is 589 g/mol. The van der Waals surface area contributed by atoms with Crippen LogP contribution in [0.3, 0.4) is 0 Å². The molecule has 4 rings (SSSR count). The largest absolute Gasteiger partial charge is 1.00 e. The maximum Gasteiger partial charge on any atom is 1.00 e. The van der Waals surface area contributed by atoms with Gasteiger partial charge in [0, 0.05) is 24.5 Å². The van der Waals surface area contributed by atoms with Crippen molar-refractivity contribution < 1.29 is 68.2 Å². The summed E-state index contributed by atoms with van der Waals surface area (Å²) < 4.78 is -1.32. The Kier molecular flexibility index (Phi) is 9.06. The number of carbonyl (C=O) groups excluding carboxylic acids is 7. The number of thiophene rings is 1. The number of aliphatic carboxylic acids is 1. The normalized spacial score (nSPS) is 26.1. The molecule has 17 heteroatoms. The third kappa shape index (κ3) is 4.92. The number of nitrogens with one attached hydrogen (secondary N) is 3. The summed E-state index contributed by atoms with van der Waals surface area (Å²) in [6.07, 6.45) is 0.333. The van der Waals surface area contributed by atoms with Crippen LogP contribution >= 0.6 is 23.1 Å². The fraction of sp³-hybridized carbons (Fsp3) is 0.500. The first kappa shape index (κ1) is 30.9. The smallest absolute Gasteiger partial charge is 0.545 e. The van der Waals surface area contributed by atoms with Crippen molar-refractivity contribution in [2.75, 3.05) is 19.6 Å². The SMILES string of the molecule is CCN1CCN(C(=O)NC(C(=O)N[C@@]2(C(=O)[O-])N3C(=O)[C@H](NC=O)[C@H]3SC2(C)C)c2cccs2)C(=O)C1=O.[Na+]. The third-order valence-corrected chi connectivity index (χ3v) is 9.38. The first-order valence-electron chi connectivity index (χ1n) is 11.6. The van der Waals surface area contributed by atoms with Gasteiger partial charge in [-0.15, -0.1) is 23.1 Å². The third-order valence-electron chi connectivity index (χ3n) is 6.83. The second-order valence-electron chi connectivity index (χ2n) is 9.22. The number of nitrogens with zero attached hydrogens (tertiary/aromatic N) is 3. The van der Waals surface area contributed by atoms with Gasteiger partial charge in [0.15, 0.2) is 5.66 Å². The zero-order chi connectivity index (χ0) is 28.0. The van der Waals surface area contributed by atoms with Gasteiger partial charge in [-0.3, -0.25) is 33.8 Å². The molecule has 0 aromatic carbocycles. The summed E-state index contributed by atoms with van der Waals surface area (Å²) >= 11 is 2.15. The number of carboxylic acid groups (broad SMARTS) is 1. The van der Waals surface area contributed by atoms with Gasteiger partial charge in [0.1, 0.15) is 17.5 Å². The first-order valence-corrected chi connectivity index (χ1v) is 13.4. The molecule has 0 bridgehead atoms. The molecule has 1 unspecified atom stereocenters. The van der Waals surface area contributed by atoms with E-state index in [1.165, 1.54) is 24.8 Å². The van der Waals surface area contributed by atoms with Crippen molar-refractivity contribution in [3.05, 3.63) is 22.4 Å². The Morgan fingerprint density at radius 1 is 1.21 bits per heavy atom. The summed E-state index contributed by atoms with van der Waals surface area (Å²) in [6.45, 7) is 5.03. The number of hydrogen-bond acceptors (Lipinski definition) is 10. The second kappa shape index (κ2) is 11.4. The van der Waals surface area contributed by atoms with Gasteiger partial charge in [-0.25, -0.2) is 4.79 Å². The summed E-state index contributed by atoms with van der Waals surface area (Å²) in [5.41, 5.74) is -2.32. The van der Waals surface area contributed by atoms with Crippen LogP contribution in [0.2, 0.25) is 0 Å². The standard InChI is InChI=1S/C22H26N6O8S2.Na/c1-4-26-7-8-27(17(33)16(26)32)20(36)24-12(11-6-5-9-37-11)14(30)25-22(19(34)35)21(2,3)38-18-13(23-10-29)15(31)28(18)22;/h5-6,9-10,12-13,18H,4,7-8H2,1-3H3,(H,23,29)(H,24,36)(H,25,30)(H,34,35);/q;+1/p-1/t12?,13-,18+,22-;/m0./s1. The van der Waals surface area contributed by atoms with E-state index in [0.717, 1.165) is 28.0 Å². The number of piperazine rings is 1. The van der Waals surface area contributed by atoms with E-state index in [9.17, 15) is 38.7 Å². The Balaban J connectivity index is 0.00000420. The fourth-order valence-electron chi connectivity index (χ4n) is 4.79. The number of amides is 7. The van der Waals surface area contributed by atoms with Crippen molar-refractivity contribution in [3.8, 4) is 0 Å². The monoisotopic (exact) mass is 588 g/mol. The molecule has 3 saturated heterocycles. The molecule has 39 heavy (non-hydrogen) atoms. The number of imide groups is 1. The minimum absolute atomic E-state index is 0. The average Bonchev–Trinajstić information content (AvgIpc) is 3.46. The van der Waals surface area contributed by atoms with Crippen molar-refractivity contribution in [1.82, 2.24) is 30.7 Å². The molecular weight excluding hydrogens is 563 g/mol. The molecule has 204 valence electrons. The molecule has 0 radical (unpaired) electrons. The molecule has 1 aromatic heterocycles. The molecule has 3 fully saturated rings. The van der Waals surface area contributed by atoms with Gasteiger partial charge in [0.05, 0.1) is 10.7 Å². The summed E-state index contributed by atoms with van der Waals surface area (Å²) in [7, 11) is 0. The Morgan fingerprint density at radius 2 is 1.90 bits per heavy atom. The van der Waals surface area contributed by atoms with E-state index in [1.54, 1.807) is 18.4 Å². The predicted molar refractivity (Wildman–Crippen MR) is 131 cm³/mol. The van der Waals surface area contributed by atoms with Crippen molar-refractivity contribution in [1.29, 1.82) is 0 Å². The maximum atomic E-state index is 13.6. The molecule has 14 nitrogen and oxygen atoms in total. The number of β-lactam (4-membered cyclic amide) rings is 1. The van der Waals surface area contributed by atoms with Gasteiger partial charge in [-0.1, -0.05) is 6.07 Å². The number of carboxylic acids is 1. The number of urea groups is 1. The molecule has 3 aliphatic heterocycles. The molecule has 1 aromatic rings. The topological polar surface area (TPSA) is 188 Å². The maximum absolute atomic E-state index is 13.6. The predicted octanol–water partition coefficient (Wildman–Crippen LogP) is -5.44. The van der Waals surface area contributed by atoms with Gasteiger partial charge in [-0.2, -0.15) is 0 Å². The van der Waals surface area contributed by atoms with Crippen LogP contribution in [0.5, 0.6) is 0 Å².